The number of rotatable bonds is 0. The fraction of sp³-hybridized carbons (Fsp3) is 0.583. The van der Waals surface area contributed by atoms with E-state index >= 15 is 0 Å². The second kappa shape index (κ2) is 3.93. The van der Waals surface area contributed by atoms with Crippen molar-refractivity contribution in [1.29, 1.82) is 0 Å². The van der Waals surface area contributed by atoms with Crippen molar-refractivity contribution in [3.05, 3.63) is 30.7 Å². The fourth-order valence-corrected chi connectivity index (χ4v) is 2.10. The van der Waals surface area contributed by atoms with Gasteiger partial charge in [0.1, 0.15) is 0 Å². The lowest BCUT2D eigenvalue weighted by Gasteiger charge is -2.25. The highest BCUT2D eigenvalue weighted by Gasteiger charge is 2.19. The van der Waals surface area contributed by atoms with Crippen molar-refractivity contribution in [2.75, 3.05) is 0 Å². The van der Waals surface area contributed by atoms with E-state index in [0.717, 1.165) is 5.92 Å². The van der Waals surface area contributed by atoms with E-state index in [1.807, 2.05) is 0 Å². The molecule has 2 rings (SSSR count). The van der Waals surface area contributed by atoms with E-state index in [1.165, 1.54) is 32.1 Å². The summed E-state index contributed by atoms with van der Waals surface area (Å²) in [6.07, 6.45) is 19.3. The molecule has 1 fully saturated rings. The lowest BCUT2D eigenvalue weighted by atomic mass is 9.79. The summed E-state index contributed by atoms with van der Waals surface area (Å²) >= 11 is 0. The van der Waals surface area contributed by atoms with Crippen molar-refractivity contribution in [3.63, 3.8) is 0 Å². The second-order valence-corrected chi connectivity index (χ2v) is 3.76. The zero-order valence-electron chi connectivity index (χ0n) is 7.50. The van der Waals surface area contributed by atoms with Crippen molar-refractivity contribution in [1.82, 2.24) is 0 Å². The van der Waals surface area contributed by atoms with Gasteiger partial charge in [0.25, 0.3) is 0 Å². The van der Waals surface area contributed by atoms with E-state index in [9.17, 15) is 0 Å². The van der Waals surface area contributed by atoms with Crippen LogP contribution in [0.3, 0.4) is 0 Å². The van der Waals surface area contributed by atoms with E-state index < -0.39 is 0 Å². The Morgan fingerprint density at radius 1 is 1.00 bits per heavy atom. The maximum Gasteiger partial charge on any atom is -0.00928 e. The molecule has 0 amide bonds. The molecule has 2 aliphatic rings. The minimum absolute atomic E-state index is 0.621. The van der Waals surface area contributed by atoms with Gasteiger partial charge in [0, 0.05) is 0 Å². The molecule has 0 heteroatoms. The fourth-order valence-electron chi connectivity index (χ4n) is 2.10. The summed E-state index contributed by atoms with van der Waals surface area (Å²) in [4.78, 5) is 0. The Balaban J connectivity index is 2.00. The summed E-state index contributed by atoms with van der Waals surface area (Å²) in [6, 6.07) is 0. The van der Waals surface area contributed by atoms with E-state index in [1.54, 1.807) is 0 Å². The molecule has 0 spiro atoms. The van der Waals surface area contributed by atoms with Gasteiger partial charge in [-0.1, -0.05) is 43.6 Å². The third kappa shape index (κ3) is 1.80. The van der Waals surface area contributed by atoms with Gasteiger partial charge < -0.3 is 0 Å². The Hall–Kier alpha value is -0.520. The zero-order chi connectivity index (χ0) is 8.23. The topological polar surface area (TPSA) is 0 Å². The van der Waals surface area contributed by atoms with Crippen LogP contribution in [0.2, 0.25) is 0 Å². The maximum absolute atomic E-state index is 3.59. The van der Waals surface area contributed by atoms with E-state index in [0.29, 0.717) is 5.92 Å². The van der Waals surface area contributed by atoms with Crippen LogP contribution in [-0.2, 0) is 0 Å². The molecule has 12 heavy (non-hydrogen) atoms. The summed E-state index contributed by atoms with van der Waals surface area (Å²) in [5.74, 6) is 1.38. The van der Waals surface area contributed by atoms with Gasteiger partial charge in [0.05, 0.1) is 0 Å². The predicted octanol–water partition coefficient (Wildman–Crippen LogP) is 3.39. The van der Waals surface area contributed by atoms with Gasteiger partial charge in [0.15, 0.2) is 0 Å². The zero-order valence-corrected chi connectivity index (χ0v) is 7.50. The minimum atomic E-state index is 0.621. The molecule has 0 N–H and O–H groups in total. The normalized spacial score (nSPS) is 35.3. The smallest absolute Gasteiger partial charge is 0.00928 e. The number of hydrogen-bond donors (Lipinski definition) is 0. The van der Waals surface area contributed by atoms with Crippen LogP contribution >= 0.6 is 0 Å². The van der Waals surface area contributed by atoms with Gasteiger partial charge in [-0.05, 0) is 31.1 Å². The molecule has 0 aromatic rings. The number of fused-ring (bicyclic) bond motifs is 1. The Morgan fingerprint density at radius 3 is 2.92 bits per heavy atom. The highest BCUT2D eigenvalue weighted by Crippen LogP contribution is 2.31. The minimum Gasteiger partial charge on any atom is -0.0808 e. The molecule has 0 bridgehead atoms. The Kier molecular flexibility index (Phi) is 2.65. The van der Waals surface area contributed by atoms with Gasteiger partial charge in [-0.25, -0.2) is 0 Å². The first kappa shape index (κ1) is 8.10. The average molecular weight is 160 g/mol. The predicted molar refractivity (Wildman–Crippen MR) is 51.6 cm³/mol. The Bertz CT molecular complexity index is 166. The van der Waals surface area contributed by atoms with Crippen LogP contribution in [0.5, 0.6) is 0 Å². The standard InChI is InChI=1S/C12H16/c1-2-4-8-12-10-6-5-9-11(12)7-3-1/h5-6,9-12H,1-4,7H2. The molecule has 0 saturated heterocycles. The first-order valence-electron chi connectivity index (χ1n) is 5.05. The Morgan fingerprint density at radius 2 is 1.92 bits per heavy atom. The van der Waals surface area contributed by atoms with Gasteiger partial charge in [-0.3, -0.25) is 0 Å². The number of hydrogen-bond acceptors (Lipinski definition) is 0. The summed E-state index contributed by atoms with van der Waals surface area (Å²) in [6.45, 7) is 0. The molecular formula is C12H16. The molecule has 0 aromatic heterocycles. The van der Waals surface area contributed by atoms with Crippen molar-refractivity contribution >= 4 is 0 Å². The number of allylic oxidation sites excluding steroid dienone is 4. The van der Waals surface area contributed by atoms with Gasteiger partial charge >= 0.3 is 0 Å². The molecule has 2 radical (unpaired) electrons. The molecule has 0 nitrogen and oxygen atoms in total. The lowest BCUT2D eigenvalue weighted by Crippen LogP contribution is -2.15. The maximum atomic E-state index is 3.59. The molecule has 0 aromatic carbocycles. The third-order valence-electron chi connectivity index (χ3n) is 2.84. The Labute approximate surface area is 75.4 Å². The van der Waals surface area contributed by atoms with Crippen LogP contribution < -0.4 is 0 Å². The molecule has 0 aliphatic heterocycles. The van der Waals surface area contributed by atoms with E-state index in [4.69, 9.17) is 0 Å². The summed E-state index contributed by atoms with van der Waals surface area (Å²) in [5, 5.41) is 0. The molecule has 0 heterocycles. The second-order valence-electron chi connectivity index (χ2n) is 3.76. The van der Waals surface area contributed by atoms with Crippen molar-refractivity contribution < 1.29 is 0 Å². The molecule has 2 unspecified atom stereocenters. The van der Waals surface area contributed by atoms with Crippen LogP contribution in [0, 0.1) is 18.3 Å². The summed E-state index contributed by atoms with van der Waals surface area (Å²) < 4.78 is 0. The highest BCUT2D eigenvalue weighted by molar-refractivity contribution is 5.17. The molecule has 2 aliphatic carbocycles. The van der Waals surface area contributed by atoms with Crippen molar-refractivity contribution in [3.8, 4) is 0 Å². The van der Waals surface area contributed by atoms with Gasteiger partial charge in [0.2, 0.25) is 0 Å². The van der Waals surface area contributed by atoms with Crippen LogP contribution in [0.15, 0.2) is 24.3 Å². The van der Waals surface area contributed by atoms with Crippen molar-refractivity contribution in [2.24, 2.45) is 11.8 Å². The van der Waals surface area contributed by atoms with E-state index in [-0.39, 0.29) is 0 Å². The van der Waals surface area contributed by atoms with Crippen LogP contribution in [0.25, 0.3) is 0 Å². The molecule has 1 saturated carbocycles. The summed E-state index contributed by atoms with van der Waals surface area (Å²) in [5.41, 5.74) is 0. The van der Waals surface area contributed by atoms with Crippen LogP contribution in [0.1, 0.15) is 32.1 Å². The SMILES string of the molecule is [C]1CCCCCC2C=CC=CC12. The van der Waals surface area contributed by atoms with Gasteiger partial charge in [-0.2, -0.15) is 0 Å². The van der Waals surface area contributed by atoms with Crippen LogP contribution in [0.4, 0.5) is 0 Å². The third-order valence-corrected chi connectivity index (χ3v) is 2.84. The van der Waals surface area contributed by atoms with E-state index in [2.05, 4.69) is 30.7 Å². The highest BCUT2D eigenvalue weighted by atomic mass is 14.2. The average Bonchev–Trinajstić information content (AvgIpc) is 2.06. The molecular weight excluding hydrogens is 144 g/mol. The van der Waals surface area contributed by atoms with Crippen molar-refractivity contribution in [2.45, 2.75) is 32.1 Å². The molecule has 2 atom stereocenters. The van der Waals surface area contributed by atoms with Gasteiger partial charge in [-0.15, -0.1) is 0 Å². The quantitative estimate of drug-likeness (QED) is 0.509. The monoisotopic (exact) mass is 160 g/mol. The first-order chi connectivity index (χ1) is 5.97. The molecule has 64 valence electrons. The van der Waals surface area contributed by atoms with Crippen LogP contribution in [-0.4, -0.2) is 0 Å². The largest absolute Gasteiger partial charge is 0.0808 e. The lowest BCUT2D eigenvalue weighted by molar-refractivity contribution is 0.419. The summed E-state index contributed by atoms with van der Waals surface area (Å²) in [7, 11) is 0. The first-order valence-corrected chi connectivity index (χ1v) is 5.05.